The Morgan fingerprint density at radius 3 is 2.57 bits per heavy atom. The highest BCUT2D eigenvalue weighted by molar-refractivity contribution is 6.05. The number of imide groups is 1. The molecule has 1 aliphatic heterocycles. The number of hydrogen-bond donors (Lipinski definition) is 3. The quantitative estimate of drug-likeness (QED) is 0.232. The summed E-state index contributed by atoms with van der Waals surface area (Å²) in [5.74, 6) is -0.820. The summed E-state index contributed by atoms with van der Waals surface area (Å²) in [7, 11) is 1.46. The fourth-order valence-corrected chi connectivity index (χ4v) is 5.14. The number of amides is 5. The Bertz CT molecular complexity index is 1680. The lowest BCUT2D eigenvalue weighted by Gasteiger charge is -2.16. The van der Waals surface area contributed by atoms with Gasteiger partial charge in [-0.1, -0.05) is 30.3 Å². The molecule has 5 amide bonds. The van der Waals surface area contributed by atoms with Crippen LogP contribution >= 0.6 is 0 Å². The monoisotopic (exact) mass is 572 g/mol. The van der Waals surface area contributed by atoms with Crippen LogP contribution in [0.5, 0.6) is 5.75 Å². The van der Waals surface area contributed by atoms with E-state index in [0.29, 0.717) is 47.6 Å². The minimum atomic E-state index is -0.652. The van der Waals surface area contributed by atoms with E-state index in [9.17, 15) is 19.2 Å². The molecule has 1 fully saturated rings. The molecule has 1 saturated heterocycles. The van der Waals surface area contributed by atoms with E-state index < -0.39 is 23.9 Å². The molecule has 5 rings (SSSR count). The number of aromatic nitrogens is 4. The van der Waals surface area contributed by atoms with Crippen LogP contribution < -0.4 is 21.1 Å². The second kappa shape index (κ2) is 11.7. The summed E-state index contributed by atoms with van der Waals surface area (Å²) in [5.41, 5.74) is 8.64. The van der Waals surface area contributed by atoms with Gasteiger partial charge in [0.05, 0.1) is 18.3 Å². The first-order valence-corrected chi connectivity index (χ1v) is 13.6. The molecular formula is C29H32N8O5. The molecule has 0 spiro atoms. The van der Waals surface area contributed by atoms with E-state index in [2.05, 4.69) is 20.7 Å². The van der Waals surface area contributed by atoms with Crippen LogP contribution in [0.2, 0.25) is 0 Å². The molecule has 0 radical (unpaired) electrons. The fourth-order valence-electron chi connectivity index (χ4n) is 5.14. The third-order valence-corrected chi connectivity index (χ3v) is 7.12. The number of rotatable bonds is 11. The van der Waals surface area contributed by atoms with E-state index in [0.717, 1.165) is 5.56 Å². The Morgan fingerprint density at radius 1 is 1.12 bits per heavy atom. The number of benzene rings is 2. The number of primary amides is 1. The van der Waals surface area contributed by atoms with Gasteiger partial charge in [0.25, 0.3) is 11.8 Å². The minimum absolute atomic E-state index is 0.145. The van der Waals surface area contributed by atoms with Crippen LogP contribution in [0.1, 0.15) is 45.4 Å². The maximum Gasteiger partial charge on any atom is 0.324 e. The number of ether oxygens (including phenoxy) is 1. The number of urea groups is 1. The molecule has 0 aliphatic carbocycles. The third kappa shape index (κ3) is 5.53. The lowest BCUT2D eigenvalue weighted by molar-refractivity contribution is -0.127. The van der Waals surface area contributed by atoms with Gasteiger partial charge in [-0.25, -0.2) is 9.78 Å². The minimum Gasteiger partial charge on any atom is -0.494 e. The van der Waals surface area contributed by atoms with Crippen molar-refractivity contribution >= 4 is 40.7 Å². The van der Waals surface area contributed by atoms with Gasteiger partial charge in [-0.2, -0.15) is 5.10 Å². The third-order valence-electron chi connectivity index (χ3n) is 7.12. The van der Waals surface area contributed by atoms with Gasteiger partial charge in [0.1, 0.15) is 23.0 Å². The predicted octanol–water partition coefficient (Wildman–Crippen LogP) is 2.47. The summed E-state index contributed by atoms with van der Waals surface area (Å²) in [4.78, 5) is 56.7. The maximum atomic E-state index is 13.3. The molecule has 42 heavy (non-hydrogen) atoms. The highest BCUT2D eigenvalue weighted by atomic mass is 16.5. The Kier molecular flexibility index (Phi) is 7.91. The topological polar surface area (TPSA) is 166 Å². The molecule has 2 aromatic heterocycles. The van der Waals surface area contributed by atoms with Crippen molar-refractivity contribution in [1.29, 1.82) is 0 Å². The summed E-state index contributed by atoms with van der Waals surface area (Å²) in [6, 6.07) is 13.1. The molecule has 1 aliphatic rings. The fraction of sp³-hybridized carbons (Fsp3) is 0.310. The SMILES string of the molecule is CCn1nc(C)cc1C(=O)Nc1nc2cc(C(N)=O)cc(OC)c2n1CCCN1C(=O)N[C@@H](Cc2ccccc2)C1=O. The number of imidazole rings is 1. The lowest BCUT2D eigenvalue weighted by atomic mass is 10.1. The number of carbonyl (C=O) groups excluding carboxylic acids is 4. The number of nitrogens with zero attached hydrogens (tertiary/aromatic N) is 5. The molecule has 3 heterocycles. The Morgan fingerprint density at radius 2 is 1.88 bits per heavy atom. The van der Waals surface area contributed by atoms with Crippen molar-refractivity contribution in [2.75, 3.05) is 19.0 Å². The van der Waals surface area contributed by atoms with Crippen LogP contribution in [0.25, 0.3) is 11.0 Å². The number of nitrogens with two attached hydrogens (primary N) is 1. The van der Waals surface area contributed by atoms with Crippen molar-refractivity contribution in [2.45, 2.75) is 45.8 Å². The Labute approximate surface area is 241 Å². The Balaban J connectivity index is 1.40. The van der Waals surface area contributed by atoms with Gasteiger partial charge >= 0.3 is 6.03 Å². The second-order valence-corrected chi connectivity index (χ2v) is 9.97. The van der Waals surface area contributed by atoms with E-state index in [1.165, 1.54) is 24.1 Å². The average Bonchev–Trinajstić information content (AvgIpc) is 3.61. The van der Waals surface area contributed by atoms with Gasteiger partial charge in [0, 0.05) is 31.6 Å². The van der Waals surface area contributed by atoms with Gasteiger partial charge in [0.2, 0.25) is 11.9 Å². The second-order valence-electron chi connectivity index (χ2n) is 9.97. The number of anilines is 1. The van der Waals surface area contributed by atoms with Crippen LogP contribution in [0.3, 0.4) is 0 Å². The molecule has 0 bridgehead atoms. The molecular weight excluding hydrogens is 540 g/mol. The van der Waals surface area contributed by atoms with Crippen molar-refractivity contribution in [1.82, 2.24) is 29.5 Å². The van der Waals surface area contributed by atoms with Crippen molar-refractivity contribution in [3.63, 3.8) is 0 Å². The summed E-state index contributed by atoms with van der Waals surface area (Å²) in [6.45, 7) is 4.60. The number of carbonyl (C=O) groups is 4. The highest BCUT2D eigenvalue weighted by Crippen LogP contribution is 2.31. The lowest BCUT2D eigenvalue weighted by Crippen LogP contribution is -2.33. The van der Waals surface area contributed by atoms with Crippen LogP contribution in [0, 0.1) is 6.92 Å². The van der Waals surface area contributed by atoms with Gasteiger partial charge in [0.15, 0.2) is 0 Å². The first-order chi connectivity index (χ1) is 20.2. The van der Waals surface area contributed by atoms with Crippen molar-refractivity contribution in [3.05, 3.63) is 71.0 Å². The van der Waals surface area contributed by atoms with Crippen LogP contribution in [0.15, 0.2) is 48.5 Å². The van der Waals surface area contributed by atoms with Crippen LogP contribution in [-0.2, 0) is 24.3 Å². The van der Waals surface area contributed by atoms with Gasteiger partial charge in [-0.3, -0.25) is 29.3 Å². The number of hydrogen-bond acceptors (Lipinski definition) is 7. The molecule has 13 nitrogen and oxygen atoms in total. The zero-order valence-electron chi connectivity index (χ0n) is 23.6. The molecule has 0 unspecified atom stereocenters. The number of fused-ring (bicyclic) bond motifs is 1. The van der Waals surface area contributed by atoms with Crippen molar-refractivity contribution < 1.29 is 23.9 Å². The molecule has 13 heteroatoms. The predicted molar refractivity (Wildman–Crippen MR) is 154 cm³/mol. The molecule has 4 aromatic rings. The summed E-state index contributed by atoms with van der Waals surface area (Å²) >= 11 is 0. The van der Waals surface area contributed by atoms with E-state index >= 15 is 0 Å². The smallest absolute Gasteiger partial charge is 0.324 e. The van der Waals surface area contributed by atoms with E-state index in [1.54, 1.807) is 22.2 Å². The Hall–Kier alpha value is -5.20. The zero-order chi connectivity index (χ0) is 30.0. The standard InChI is InChI=1S/C29H32N8O5/c1-4-37-22(13-17(2)34-37)26(39)33-28-31-20-15-19(25(30)38)16-23(42-3)24(20)35(28)11-8-12-36-27(40)21(32-29(36)41)14-18-9-6-5-7-10-18/h5-7,9-10,13,15-16,21H,4,8,11-12,14H2,1-3H3,(H2,30,38)(H,32,41)(H,31,33,39)/t21-/m0/s1. The van der Waals surface area contributed by atoms with E-state index in [4.69, 9.17) is 10.5 Å². The van der Waals surface area contributed by atoms with Gasteiger partial charge in [-0.05, 0) is 44.0 Å². The first-order valence-electron chi connectivity index (χ1n) is 13.6. The summed E-state index contributed by atoms with van der Waals surface area (Å²) < 4.78 is 8.88. The van der Waals surface area contributed by atoms with Crippen molar-refractivity contribution in [3.8, 4) is 5.75 Å². The normalized spacial score (nSPS) is 14.8. The average molecular weight is 573 g/mol. The zero-order valence-corrected chi connectivity index (χ0v) is 23.6. The first kappa shape index (κ1) is 28.3. The van der Waals surface area contributed by atoms with Crippen LogP contribution in [-0.4, -0.2) is 67.7 Å². The highest BCUT2D eigenvalue weighted by Gasteiger charge is 2.37. The van der Waals surface area contributed by atoms with Gasteiger partial charge < -0.3 is 20.4 Å². The summed E-state index contributed by atoms with van der Waals surface area (Å²) in [6.07, 6.45) is 0.760. The summed E-state index contributed by atoms with van der Waals surface area (Å²) in [5, 5.41) is 9.96. The number of nitrogens with one attached hydrogen (secondary N) is 2. The molecule has 4 N–H and O–H groups in total. The van der Waals surface area contributed by atoms with Crippen LogP contribution in [0.4, 0.5) is 10.7 Å². The van der Waals surface area contributed by atoms with E-state index in [-0.39, 0.29) is 30.5 Å². The maximum absolute atomic E-state index is 13.3. The number of methoxy groups -OCH3 is 1. The molecule has 0 saturated carbocycles. The largest absolute Gasteiger partial charge is 0.494 e. The molecule has 218 valence electrons. The van der Waals surface area contributed by atoms with E-state index in [1.807, 2.05) is 37.3 Å². The number of aryl methyl sites for hydroxylation is 3. The molecule has 2 aromatic carbocycles. The molecule has 1 atom stereocenters. The van der Waals surface area contributed by atoms with Gasteiger partial charge in [-0.15, -0.1) is 0 Å². The van der Waals surface area contributed by atoms with Crippen molar-refractivity contribution in [2.24, 2.45) is 5.73 Å².